The number of nitrogens with one attached hydrogen (secondary N) is 2. The number of hydrogen-bond acceptors (Lipinski definition) is 11. The standard InChI is InChI=1S/C11H22.2C10H21N.2C10H20O.3C10H20S.C8H16O2.C7H14O2/c1-11(2,3)10-8-6-4-5-7-9-10;1-10(2,3)9-5-4-7-11-8-6-9;1-10(2,3)9-7-5-4-6-8-11-9;1-10(2,3)9-5-4-7-11-8-6-9;1-10(2,3)9-6-4-5-7-11-8-9;1-10(2,3)9-5-4-7-11-8-6-9;1-10(2,3)9-6-4-5-7-11-8-9;1-10(2,3)9-7-5-4-6-8-11-9;1-8(2,3)7-9-5-4-6-10-7;1-7(2,3)6-8-4-5-9-6/h10H,4-9H2,1-3H3;2*9,11H,4-8H2,1-3H3;5*9H,4-8H2,1-3H3;7H,4-6H2,1-3H3;6H,4-5H2,1-3H3. The normalized spacial score (nSPS) is 26.7. The summed E-state index contributed by atoms with van der Waals surface area (Å²) in [6, 6.07) is 0.741. The van der Waals surface area contributed by atoms with Crippen LogP contribution in [-0.4, -0.2) is 125 Å². The van der Waals surface area contributed by atoms with E-state index in [-0.39, 0.29) is 23.4 Å². The van der Waals surface area contributed by atoms with E-state index in [2.05, 4.69) is 254 Å². The largest absolute Gasteiger partial charge is 0.381 e. The molecule has 0 radical (unpaired) electrons. The molecule has 1 aliphatic carbocycles. The lowest BCUT2D eigenvalue weighted by Gasteiger charge is -2.33. The first kappa shape index (κ1) is 106. The highest BCUT2D eigenvalue weighted by molar-refractivity contribution is 8.00. The fourth-order valence-electron chi connectivity index (χ4n) is 16.0. The van der Waals surface area contributed by atoms with Crippen LogP contribution in [0.5, 0.6) is 0 Å². The predicted octanol–water partition coefficient (Wildman–Crippen LogP) is 28.7. The maximum Gasteiger partial charge on any atom is 0.162 e. The molecule has 0 aromatic carbocycles. The van der Waals surface area contributed by atoms with Crippen LogP contribution in [0.4, 0.5) is 0 Å². The van der Waals surface area contributed by atoms with E-state index in [1.165, 1.54) is 235 Å². The van der Waals surface area contributed by atoms with Gasteiger partial charge in [0.25, 0.3) is 0 Å². The summed E-state index contributed by atoms with van der Waals surface area (Å²) in [7, 11) is 0. The van der Waals surface area contributed by atoms with Crippen molar-refractivity contribution in [3.05, 3.63) is 0 Å². The van der Waals surface area contributed by atoms with Gasteiger partial charge in [0.1, 0.15) is 0 Å². The van der Waals surface area contributed by atoms with Gasteiger partial charge in [-0.2, -0.15) is 35.3 Å². The Kier molecular flexibility index (Phi) is 54.0. The molecular weight excluding hydrogens is 1370 g/mol. The fraction of sp³-hybridized carbons (Fsp3) is 1.00. The van der Waals surface area contributed by atoms with Crippen LogP contribution in [0, 0.1) is 89.7 Å². The minimum Gasteiger partial charge on any atom is -0.381 e. The van der Waals surface area contributed by atoms with Crippen molar-refractivity contribution in [3.63, 3.8) is 0 Å². The third-order valence-electron chi connectivity index (χ3n) is 24.4. The monoisotopic (exact) mass is 1570 g/mol. The Morgan fingerprint density at radius 3 is 1.21 bits per heavy atom. The van der Waals surface area contributed by atoms with Crippen LogP contribution in [0.15, 0.2) is 0 Å². The third-order valence-corrected chi connectivity index (χ3v) is 28.6. The number of thioether (sulfide) groups is 3. The maximum atomic E-state index is 5.53. The molecule has 0 aromatic heterocycles. The summed E-state index contributed by atoms with van der Waals surface area (Å²) in [6.45, 7) is 80.1. The van der Waals surface area contributed by atoms with Crippen LogP contribution >= 0.6 is 35.3 Å². The summed E-state index contributed by atoms with van der Waals surface area (Å²) in [5.74, 6) is 12.4. The van der Waals surface area contributed by atoms with Crippen molar-refractivity contribution in [1.82, 2.24) is 10.6 Å². The van der Waals surface area contributed by atoms with E-state index in [0.717, 1.165) is 106 Å². The lowest BCUT2D eigenvalue weighted by molar-refractivity contribution is -0.224. The van der Waals surface area contributed by atoms with Crippen molar-refractivity contribution >= 4 is 35.3 Å². The zero-order valence-corrected chi connectivity index (χ0v) is 80.4. The van der Waals surface area contributed by atoms with Gasteiger partial charge in [-0.15, -0.1) is 0 Å². The van der Waals surface area contributed by atoms with Gasteiger partial charge in [-0.25, -0.2) is 0 Å². The van der Waals surface area contributed by atoms with Gasteiger partial charge < -0.3 is 39.1 Å². The Hall–Kier alpha value is 0.730. The van der Waals surface area contributed by atoms with E-state index in [9.17, 15) is 0 Å². The average molecular weight is 1570 g/mol. The quantitative estimate of drug-likeness (QED) is 0.228. The second-order valence-electron chi connectivity index (χ2n) is 44.8. The van der Waals surface area contributed by atoms with Gasteiger partial charge in [0.15, 0.2) is 12.6 Å². The van der Waals surface area contributed by atoms with Gasteiger partial charge in [-0.05, 0) is 256 Å². The molecule has 1 saturated carbocycles. The smallest absolute Gasteiger partial charge is 0.162 e. The molecule has 10 aliphatic rings. The Bertz CT molecular complexity index is 1650. The minimum atomic E-state index is 0.00116. The summed E-state index contributed by atoms with van der Waals surface area (Å²) in [6.07, 6.45) is 41.9. The predicted molar refractivity (Wildman–Crippen MR) is 483 cm³/mol. The van der Waals surface area contributed by atoms with Crippen molar-refractivity contribution in [3.8, 4) is 0 Å². The fourth-order valence-corrected chi connectivity index (χ4v) is 20.0. The van der Waals surface area contributed by atoms with Crippen molar-refractivity contribution in [2.75, 3.05) is 101 Å². The molecule has 8 nitrogen and oxygen atoms in total. The van der Waals surface area contributed by atoms with Crippen LogP contribution in [-0.2, 0) is 28.4 Å². The molecule has 10 rings (SSSR count). The second-order valence-corrected chi connectivity index (χ2v) is 48.5. The summed E-state index contributed by atoms with van der Waals surface area (Å²) in [5.41, 5.74) is 4.31. The second kappa shape index (κ2) is 54.7. The number of ether oxygens (including phenoxy) is 6. The van der Waals surface area contributed by atoms with Crippen LogP contribution in [0.3, 0.4) is 0 Å². The first-order chi connectivity index (χ1) is 49.6. The van der Waals surface area contributed by atoms with Gasteiger partial charge in [-0.1, -0.05) is 272 Å². The zero-order valence-electron chi connectivity index (χ0n) is 78.0. The van der Waals surface area contributed by atoms with Gasteiger partial charge >= 0.3 is 0 Å². The van der Waals surface area contributed by atoms with Gasteiger partial charge in [0, 0.05) is 48.5 Å². The molecule has 7 unspecified atom stereocenters. The Morgan fingerprint density at radius 1 is 0.243 bits per heavy atom. The molecule has 9 heterocycles. The number of hydrogen-bond donors (Lipinski definition) is 2. The highest BCUT2D eigenvalue weighted by Crippen LogP contribution is 2.41. The zero-order chi connectivity index (χ0) is 81.1. The lowest BCUT2D eigenvalue weighted by atomic mass is 9.76. The van der Waals surface area contributed by atoms with Crippen molar-refractivity contribution < 1.29 is 28.4 Å². The van der Waals surface area contributed by atoms with Crippen LogP contribution in [0.1, 0.15) is 400 Å². The van der Waals surface area contributed by atoms with Crippen molar-refractivity contribution in [2.45, 2.75) is 424 Å². The molecule has 0 bridgehead atoms. The molecular formula is C96H194N2O6S3. The first-order valence-corrected chi connectivity index (χ1v) is 48.7. The van der Waals surface area contributed by atoms with Gasteiger partial charge in [-0.3, -0.25) is 0 Å². The van der Waals surface area contributed by atoms with Gasteiger partial charge in [0.05, 0.1) is 26.4 Å². The van der Waals surface area contributed by atoms with Crippen LogP contribution in [0.2, 0.25) is 0 Å². The van der Waals surface area contributed by atoms with Gasteiger partial charge in [0.2, 0.25) is 0 Å². The minimum absolute atomic E-state index is 0.00116. The molecule has 9 saturated heterocycles. The molecule has 7 atom stereocenters. The molecule has 2 N–H and O–H groups in total. The topological polar surface area (TPSA) is 79.4 Å². The number of rotatable bonds is 0. The highest BCUT2D eigenvalue weighted by Gasteiger charge is 2.34. The maximum absolute atomic E-state index is 5.53. The Labute approximate surface area is 685 Å². The molecule has 0 aromatic rings. The van der Waals surface area contributed by atoms with Crippen molar-refractivity contribution in [2.24, 2.45) is 89.7 Å². The van der Waals surface area contributed by atoms with Crippen LogP contribution in [0.25, 0.3) is 0 Å². The van der Waals surface area contributed by atoms with E-state index in [0.29, 0.717) is 43.3 Å². The Balaban J connectivity index is 0.000000595. The molecule has 0 amide bonds. The lowest BCUT2D eigenvalue weighted by Crippen LogP contribution is -2.39. The van der Waals surface area contributed by atoms with E-state index in [1.807, 2.05) is 0 Å². The highest BCUT2D eigenvalue weighted by atomic mass is 32.2. The SMILES string of the molecule is CC(C)(C)C1CCCCCC1.CC(C)(C)C1CCCCCN1.CC(C)(C)C1CCCCCS1.CC(C)(C)C1CCCCOC1.CC(C)(C)C1CCCCSC1.CC(C)(C)C1CCCNCC1.CC(C)(C)C1CCCOCC1.CC(C)(C)C1CCCSCC1.CC(C)(C)C1OCCCO1.CC(C)(C)C1OCCO1. The summed E-state index contributed by atoms with van der Waals surface area (Å²) in [5, 5.41) is 7.98. The Morgan fingerprint density at radius 2 is 0.664 bits per heavy atom. The first-order valence-electron chi connectivity index (χ1n) is 45.4. The third kappa shape index (κ3) is 53.6. The van der Waals surface area contributed by atoms with E-state index in [1.54, 1.807) is 0 Å². The van der Waals surface area contributed by atoms with E-state index >= 15 is 0 Å². The van der Waals surface area contributed by atoms with E-state index in [4.69, 9.17) is 28.4 Å². The summed E-state index contributed by atoms with van der Waals surface area (Å²) < 4.78 is 32.4. The molecule has 642 valence electrons. The molecule has 0 spiro atoms. The molecule has 10 fully saturated rings. The molecule has 107 heavy (non-hydrogen) atoms. The molecule has 9 aliphatic heterocycles. The summed E-state index contributed by atoms with van der Waals surface area (Å²) >= 11 is 6.48. The summed E-state index contributed by atoms with van der Waals surface area (Å²) in [4.78, 5) is 0. The average Bonchev–Trinajstić information content (AvgIpc) is 1.52. The molecule has 11 heteroatoms. The van der Waals surface area contributed by atoms with E-state index < -0.39 is 0 Å². The van der Waals surface area contributed by atoms with Crippen LogP contribution < -0.4 is 10.6 Å². The van der Waals surface area contributed by atoms with Crippen molar-refractivity contribution in [1.29, 1.82) is 0 Å².